The zero-order chi connectivity index (χ0) is 17.9. The van der Waals surface area contributed by atoms with Gasteiger partial charge in [-0.15, -0.1) is 0 Å². The third kappa shape index (κ3) is 2.22. The first-order chi connectivity index (χ1) is 12.5. The van der Waals surface area contributed by atoms with Crippen LogP contribution in [0.3, 0.4) is 0 Å². The summed E-state index contributed by atoms with van der Waals surface area (Å²) in [5.74, 6) is 0.940. The normalized spacial score (nSPS) is 24.0. The molecule has 1 N–H and O–H groups in total. The van der Waals surface area contributed by atoms with E-state index in [9.17, 15) is 0 Å². The molecular formula is C22H20N2OS. The molecule has 1 fully saturated rings. The Hall–Kier alpha value is -2.59. The summed E-state index contributed by atoms with van der Waals surface area (Å²) in [6, 6.07) is 21.2. The number of nitrogens with one attached hydrogen (secondary N) is 1. The van der Waals surface area contributed by atoms with Gasteiger partial charge in [0.15, 0.2) is 10.8 Å². The summed E-state index contributed by atoms with van der Waals surface area (Å²) >= 11 is 5.77. The molecule has 26 heavy (non-hydrogen) atoms. The van der Waals surface area contributed by atoms with Crippen molar-refractivity contribution in [3.63, 3.8) is 0 Å². The summed E-state index contributed by atoms with van der Waals surface area (Å²) in [6.45, 7) is 4.23. The summed E-state index contributed by atoms with van der Waals surface area (Å²) in [5, 5.41) is 6.74. The van der Waals surface area contributed by atoms with Crippen molar-refractivity contribution in [3.05, 3.63) is 71.8 Å². The number of aryl methyl sites for hydroxylation is 1. The Kier molecular flexibility index (Phi) is 3.28. The van der Waals surface area contributed by atoms with Crippen LogP contribution in [0.4, 0.5) is 5.69 Å². The molecule has 3 nitrogen and oxygen atoms in total. The number of anilines is 1. The van der Waals surface area contributed by atoms with E-state index in [4.69, 9.17) is 17.0 Å². The minimum atomic E-state index is -0.504. The molecule has 130 valence electrons. The van der Waals surface area contributed by atoms with Crippen LogP contribution in [0.25, 0.3) is 10.8 Å². The number of hydrogen-bond donors (Lipinski definition) is 1. The standard InChI is InChI=1S/C22H20N2OS/c1-14-6-5-8-16(12-14)24-21(26)23-18-13-22(24,2)25-19-11-10-15-7-3-4-9-17(15)20(18)19/h3-12,18H,13H2,1-2H3,(H,23,26). The molecule has 0 aromatic heterocycles. The lowest BCUT2D eigenvalue weighted by Crippen LogP contribution is -2.65. The Labute approximate surface area is 158 Å². The predicted octanol–water partition coefficient (Wildman–Crippen LogP) is 5.08. The van der Waals surface area contributed by atoms with Gasteiger partial charge in [-0.25, -0.2) is 0 Å². The van der Waals surface area contributed by atoms with Gasteiger partial charge in [0.1, 0.15) is 5.75 Å². The van der Waals surface area contributed by atoms with Gasteiger partial charge in [-0.05, 0) is 60.6 Å². The van der Waals surface area contributed by atoms with Crippen LogP contribution in [-0.4, -0.2) is 10.8 Å². The van der Waals surface area contributed by atoms with Crippen molar-refractivity contribution in [3.8, 4) is 5.75 Å². The number of thiocarbonyl (C=S) groups is 1. The summed E-state index contributed by atoms with van der Waals surface area (Å²) in [7, 11) is 0. The maximum absolute atomic E-state index is 6.57. The lowest BCUT2D eigenvalue weighted by molar-refractivity contribution is 0.0505. The first kappa shape index (κ1) is 15.6. The monoisotopic (exact) mass is 360 g/mol. The van der Waals surface area contributed by atoms with E-state index in [1.165, 1.54) is 21.9 Å². The number of fused-ring (bicyclic) bond motifs is 6. The molecule has 0 spiro atoms. The van der Waals surface area contributed by atoms with E-state index >= 15 is 0 Å². The molecule has 0 amide bonds. The highest BCUT2D eigenvalue weighted by molar-refractivity contribution is 7.80. The summed E-state index contributed by atoms with van der Waals surface area (Å²) < 4.78 is 6.57. The first-order valence-electron chi connectivity index (χ1n) is 8.93. The van der Waals surface area contributed by atoms with Crippen LogP contribution >= 0.6 is 12.2 Å². The molecule has 3 aromatic rings. The predicted molar refractivity (Wildman–Crippen MR) is 110 cm³/mol. The fraction of sp³-hybridized carbons (Fsp3) is 0.227. The summed E-state index contributed by atoms with van der Waals surface area (Å²) in [4.78, 5) is 2.12. The average Bonchev–Trinajstić information content (AvgIpc) is 2.60. The van der Waals surface area contributed by atoms with E-state index in [-0.39, 0.29) is 6.04 Å². The van der Waals surface area contributed by atoms with Gasteiger partial charge in [0.05, 0.1) is 6.04 Å². The Balaban J connectivity index is 1.66. The highest BCUT2D eigenvalue weighted by atomic mass is 32.1. The second-order valence-electron chi connectivity index (χ2n) is 7.36. The van der Waals surface area contributed by atoms with Gasteiger partial charge >= 0.3 is 0 Å². The quantitative estimate of drug-likeness (QED) is 0.612. The van der Waals surface area contributed by atoms with Crippen molar-refractivity contribution in [1.29, 1.82) is 0 Å². The van der Waals surface area contributed by atoms with Gasteiger partial charge in [0.25, 0.3) is 0 Å². The molecule has 2 aliphatic heterocycles. The summed E-state index contributed by atoms with van der Waals surface area (Å²) in [6.07, 6.45) is 0.835. The minimum absolute atomic E-state index is 0.156. The smallest absolute Gasteiger partial charge is 0.188 e. The van der Waals surface area contributed by atoms with Crippen LogP contribution in [-0.2, 0) is 0 Å². The van der Waals surface area contributed by atoms with Gasteiger partial charge < -0.3 is 10.1 Å². The van der Waals surface area contributed by atoms with Crippen molar-refractivity contribution < 1.29 is 4.74 Å². The van der Waals surface area contributed by atoms with Crippen LogP contribution in [0.1, 0.15) is 30.5 Å². The highest BCUT2D eigenvalue weighted by Gasteiger charge is 2.48. The second kappa shape index (κ2) is 5.45. The zero-order valence-electron chi connectivity index (χ0n) is 14.8. The minimum Gasteiger partial charge on any atom is -0.467 e. The molecule has 0 radical (unpaired) electrons. The first-order valence-corrected chi connectivity index (χ1v) is 9.34. The van der Waals surface area contributed by atoms with E-state index in [0.717, 1.165) is 17.9 Å². The fourth-order valence-electron chi connectivity index (χ4n) is 4.33. The Bertz CT molecular complexity index is 1050. The largest absolute Gasteiger partial charge is 0.467 e. The maximum atomic E-state index is 6.57. The molecule has 0 saturated carbocycles. The molecule has 4 heteroatoms. The fourth-order valence-corrected chi connectivity index (χ4v) is 4.77. The average molecular weight is 360 g/mol. The van der Waals surface area contributed by atoms with Gasteiger partial charge in [-0.1, -0.05) is 42.5 Å². The van der Waals surface area contributed by atoms with Gasteiger partial charge in [-0.3, -0.25) is 4.90 Å². The topological polar surface area (TPSA) is 24.5 Å². The van der Waals surface area contributed by atoms with Crippen LogP contribution in [0, 0.1) is 6.92 Å². The molecule has 5 rings (SSSR count). The van der Waals surface area contributed by atoms with E-state index < -0.39 is 5.72 Å². The van der Waals surface area contributed by atoms with E-state index in [0.29, 0.717) is 5.11 Å². The van der Waals surface area contributed by atoms with E-state index in [2.05, 4.69) is 84.7 Å². The number of ether oxygens (including phenoxy) is 1. The molecule has 2 bridgehead atoms. The Morgan fingerprint density at radius 1 is 1.12 bits per heavy atom. The van der Waals surface area contributed by atoms with Crippen LogP contribution in [0.5, 0.6) is 5.75 Å². The maximum Gasteiger partial charge on any atom is 0.188 e. The van der Waals surface area contributed by atoms with E-state index in [1.54, 1.807) is 0 Å². The van der Waals surface area contributed by atoms with Crippen LogP contribution in [0.2, 0.25) is 0 Å². The Morgan fingerprint density at radius 2 is 1.96 bits per heavy atom. The number of rotatable bonds is 1. The lowest BCUT2D eigenvalue weighted by atomic mass is 9.87. The van der Waals surface area contributed by atoms with Gasteiger partial charge in [0.2, 0.25) is 0 Å². The van der Waals surface area contributed by atoms with Gasteiger partial charge in [0, 0.05) is 17.7 Å². The van der Waals surface area contributed by atoms with Gasteiger partial charge in [-0.2, -0.15) is 0 Å². The number of hydrogen-bond acceptors (Lipinski definition) is 2. The number of benzene rings is 3. The molecule has 3 aromatic carbocycles. The molecule has 2 heterocycles. The molecule has 1 saturated heterocycles. The summed E-state index contributed by atoms with van der Waals surface area (Å²) in [5.41, 5.74) is 2.98. The van der Waals surface area contributed by atoms with Crippen molar-refractivity contribution in [2.24, 2.45) is 0 Å². The molecule has 2 unspecified atom stereocenters. The third-order valence-corrected chi connectivity index (χ3v) is 5.73. The molecule has 2 aliphatic rings. The van der Waals surface area contributed by atoms with Crippen molar-refractivity contribution >= 4 is 33.8 Å². The highest BCUT2D eigenvalue weighted by Crippen LogP contribution is 2.48. The van der Waals surface area contributed by atoms with Crippen molar-refractivity contribution in [2.45, 2.75) is 32.0 Å². The lowest BCUT2D eigenvalue weighted by Gasteiger charge is -2.52. The Morgan fingerprint density at radius 3 is 2.81 bits per heavy atom. The third-order valence-electron chi connectivity index (χ3n) is 5.43. The SMILES string of the molecule is Cc1cccc(N2C(=S)NC3CC2(C)Oc2ccc4ccccc4c23)c1. The van der Waals surface area contributed by atoms with Crippen molar-refractivity contribution in [2.75, 3.05) is 4.90 Å². The van der Waals surface area contributed by atoms with Crippen LogP contribution in [0.15, 0.2) is 60.7 Å². The van der Waals surface area contributed by atoms with E-state index in [1.807, 2.05) is 0 Å². The van der Waals surface area contributed by atoms with Crippen LogP contribution < -0.4 is 15.0 Å². The molecule has 0 aliphatic carbocycles. The number of nitrogens with zero attached hydrogens (tertiary/aromatic N) is 1. The molecular weight excluding hydrogens is 340 g/mol. The van der Waals surface area contributed by atoms with Crippen molar-refractivity contribution in [1.82, 2.24) is 5.32 Å². The molecule has 2 atom stereocenters. The zero-order valence-corrected chi connectivity index (χ0v) is 15.6. The second-order valence-corrected chi connectivity index (χ2v) is 7.74.